The molecule has 0 aliphatic carbocycles. The molecule has 116 valence electrons. The summed E-state index contributed by atoms with van der Waals surface area (Å²) < 4.78 is 42.1. The van der Waals surface area contributed by atoms with Gasteiger partial charge in [0.15, 0.2) is 0 Å². The fraction of sp³-hybridized carbons (Fsp3) is 1.00. The van der Waals surface area contributed by atoms with Gasteiger partial charge in [-0.15, -0.1) is 0 Å². The first-order valence-corrected chi connectivity index (χ1v) is 8.58. The van der Waals surface area contributed by atoms with Crippen LogP contribution < -0.4 is 0 Å². The second-order valence-corrected chi connectivity index (χ2v) is 6.92. The van der Waals surface area contributed by atoms with E-state index in [2.05, 4.69) is 0 Å². The number of hydrogen-bond donors (Lipinski definition) is 0. The number of methoxy groups -OCH3 is 1. The predicted octanol–water partition coefficient (Wildman–Crippen LogP) is 0.887. The highest BCUT2D eigenvalue weighted by molar-refractivity contribution is 8.13. The molecule has 0 aromatic rings. The Labute approximate surface area is 119 Å². The Morgan fingerprint density at radius 1 is 0.947 bits per heavy atom. The minimum atomic E-state index is -3.45. The Balaban J connectivity index is 3.23. The molecule has 0 saturated heterocycles. The third kappa shape index (κ3) is 16.0. The second-order valence-electron chi connectivity index (χ2n) is 4.10. The Morgan fingerprint density at radius 2 is 1.42 bits per heavy atom. The number of ether oxygens (including phenoxy) is 4. The van der Waals surface area contributed by atoms with Crippen LogP contribution in [0.2, 0.25) is 0 Å². The summed E-state index contributed by atoms with van der Waals surface area (Å²) in [6.45, 7) is 5.14. The van der Waals surface area contributed by atoms with Gasteiger partial charge >= 0.3 is 0 Å². The van der Waals surface area contributed by atoms with E-state index < -0.39 is 9.05 Å². The van der Waals surface area contributed by atoms with E-state index in [-0.39, 0.29) is 11.7 Å². The van der Waals surface area contributed by atoms with E-state index in [1.165, 1.54) is 0 Å². The maximum Gasteiger partial charge on any atom is 0.232 e. The Bertz CT molecular complexity index is 296. The van der Waals surface area contributed by atoms with Gasteiger partial charge < -0.3 is 18.9 Å². The van der Waals surface area contributed by atoms with Crippen molar-refractivity contribution in [2.75, 3.05) is 59.1 Å². The van der Waals surface area contributed by atoms with Crippen molar-refractivity contribution in [2.24, 2.45) is 5.92 Å². The van der Waals surface area contributed by atoms with E-state index in [4.69, 9.17) is 29.6 Å². The molecule has 6 nitrogen and oxygen atoms in total. The summed E-state index contributed by atoms with van der Waals surface area (Å²) >= 11 is 0. The highest BCUT2D eigenvalue weighted by Gasteiger charge is 2.12. The molecule has 0 N–H and O–H groups in total. The Kier molecular flexibility index (Phi) is 11.9. The average molecular weight is 319 g/mol. The summed E-state index contributed by atoms with van der Waals surface area (Å²) in [7, 11) is 3.30. The van der Waals surface area contributed by atoms with E-state index in [1.807, 2.05) is 0 Å². The van der Waals surface area contributed by atoms with Gasteiger partial charge in [-0.1, -0.05) is 6.92 Å². The first kappa shape index (κ1) is 19.1. The molecule has 1 unspecified atom stereocenters. The fourth-order valence-corrected chi connectivity index (χ4v) is 2.68. The molecule has 0 rings (SSSR count). The lowest BCUT2D eigenvalue weighted by atomic mass is 10.2. The van der Waals surface area contributed by atoms with E-state index in [0.717, 1.165) is 0 Å². The zero-order chi connectivity index (χ0) is 14.6. The Morgan fingerprint density at radius 3 is 1.89 bits per heavy atom. The molecule has 19 heavy (non-hydrogen) atoms. The van der Waals surface area contributed by atoms with Gasteiger partial charge in [0.05, 0.1) is 52.0 Å². The summed E-state index contributed by atoms with van der Waals surface area (Å²) in [5.41, 5.74) is 0. The quantitative estimate of drug-likeness (QED) is 0.371. The van der Waals surface area contributed by atoms with Crippen LogP contribution >= 0.6 is 10.7 Å². The smallest absolute Gasteiger partial charge is 0.232 e. The molecule has 0 heterocycles. The van der Waals surface area contributed by atoms with Crippen LogP contribution in [0.15, 0.2) is 0 Å². The van der Waals surface area contributed by atoms with Crippen LogP contribution in [0.3, 0.4) is 0 Å². The molecule has 8 heteroatoms. The fourth-order valence-electron chi connectivity index (χ4n) is 1.25. The first-order chi connectivity index (χ1) is 8.95. The lowest BCUT2D eigenvalue weighted by Gasteiger charge is -2.10. The normalized spacial score (nSPS) is 13.6. The monoisotopic (exact) mass is 318 g/mol. The zero-order valence-corrected chi connectivity index (χ0v) is 13.0. The van der Waals surface area contributed by atoms with Crippen molar-refractivity contribution >= 4 is 19.7 Å². The lowest BCUT2D eigenvalue weighted by molar-refractivity contribution is 0.000351. The maximum atomic E-state index is 10.8. The SMILES string of the molecule is COCCOCCOCCOCC(C)CS(=O)(=O)Cl. The van der Waals surface area contributed by atoms with Crippen molar-refractivity contribution in [3.8, 4) is 0 Å². The van der Waals surface area contributed by atoms with Gasteiger partial charge in [-0.2, -0.15) is 0 Å². The maximum absolute atomic E-state index is 10.8. The van der Waals surface area contributed by atoms with Gasteiger partial charge in [0.1, 0.15) is 0 Å². The number of rotatable bonds is 13. The van der Waals surface area contributed by atoms with Gasteiger partial charge in [0.2, 0.25) is 9.05 Å². The standard InChI is InChI=1S/C11H23ClO6S/c1-11(10-19(12,13)14)9-18-8-7-17-6-5-16-4-3-15-2/h11H,3-10H2,1-2H3. The highest BCUT2D eigenvalue weighted by Crippen LogP contribution is 2.05. The third-order valence-corrected chi connectivity index (χ3v) is 3.41. The minimum Gasteiger partial charge on any atom is -0.382 e. The molecular weight excluding hydrogens is 296 g/mol. The lowest BCUT2D eigenvalue weighted by Crippen LogP contribution is -2.17. The van der Waals surface area contributed by atoms with E-state index in [1.54, 1.807) is 14.0 Å². The topological polar surface area (TPSA) is 71.1 Å². The molecule has 0 aromatic carbocycles. The summed E-state index contributed by atoms with van der Waals surface area (Å²) in [5, 5.41) is 0. The van der Waals surface area contributed by atoms with Crippen LogP contribution in [0.5, 0.6) is 0 Å². The minimum absolute atomic E-state index is 0.0806. The largest absolute Gasteiger partial charge is 0.382 e. The first-order valence-electron chi connectivity index (χ1n) is 6.10. The van der Waals surface area contributed by atoms with Crippen LogP contribution in [0.1, 0.15) is 6.92 Å². The van der Waals surface area contributed by atoms with Crippen LogP contribution in [-0.4, -0.2) is 67.5 Å². The van der Waals surface area contributed by atoms with E-state index >= 15 is 0 Å². The zero-order valence-electron chi connectivity index (χ0n) is 11.5. The summed E-state index contributed by atoms with van der Waals surface area (Å²) in [6.07, 6.45) is 0. The molecule has 0 radical (unpaired) electrons. The van der Waals surface area contributed by atoms with Gasteiger partial charge in [-0.05, 0) is 5.92 Å². The van der Waals surface area contributed by atoms with Crippen molar-refractivity contribution in [3.63, 3.8) is 0 Å². The molecule has 0 saturated carbocycles. The molecule has 0 amide bonds. The highest BCUT2D eigenvalue weighted by atomic mass is 35.7. The second kappa shape index (κ2) is 11.9. The van der Waals surface area contributed by atoms with Crippen molar-refractivity contribution in [1.29, 1.82) is 0 Å². The summed E-state index contributed by atoms with van der Waals surface area (Å²) in [5.74, 6) is -0.206. The molecule has 0 aliphatic rings. The van der Waals surface area contributed by atoms with Gasteiger partial charge in [-0.3, -0.25) is 0 Å². The average Bonchev–Trinajstić information content (AvgIpc) is 2.29. The van der Waals surface area contributed by atoms with Gasteiger partial charge in [0, 0.05) is 17.8 Å². The third-order valence-electron chi connectivity index (χ3n) is 2.06. The van der Waals surface area contributed by atoms with Crippen LogP contribution in [0.4, 0.5) is 0 Å². The number of hydrogen-bond acceptors (Lipinski definition) is 6. The molecule has 0 aromatic heterocycles. The van der Waals surface area contributed by atoms with Crippen molar-refractivity contribution in [2.45, 2.75) is 6.92 Å². The number of halogens is 1. The van der Waals surface area contributed by atoms with Crippen molar-refractivity contribution in [1.82, 2.24) is 0 Å². The molecule has 0 fully saturated rings. The molecule has 1 atom stereocenters. The van der Waals surface area contributed by atoms with E-state index in [0.29, 0.717) is 46.2 Å². The molecule has 0 spiro atoms. The van der Waals surface area contributed by atoms with Crippen molar-refractivity contribution < 1.29 is 27.4 Å². The molecular formula is C11H23ClO6S. The van der Waals surface area contributed by atoms with Crippen LogP contribution in [-0.2, 0) is 28.0 Å². The van der Waals surface area contributed by atoms with Crippen LogP contribution in [0.25, 0.3) is 0 Å². The summed E-state index contributed by atoms with van der Waals surface area (Å²) in [6, 6.07) is 0. The molecule has 0 bridgehead atoms. The predicted molar refractivity (Wildman–Crippen MR) is 73.1 cm³/mol. The summed E-state index contributed by atoms with van der Waals surface area (Å²) in [4.78, 5) is 0. The van der Waals surface area contributed by atoms with Crippen LogP contribution in [0, 0.1) is 5.92 Å². The van der Waals surface area contributed by atoms with Gasteiger partial charge in [-0.25, -0.2) is 8.42 Å². The van der Waals surface area contributed by atoms with E-state index in [9.17, 15) is 8.42 Å². The Hall–Kier alpha value is 0.0800. The molecule has 0 aliphatic heterocycles. The van der Waals surface area contributed by atoms with Crippen molar-refractivity contribution in [3.05, 3.63) is 0 Å². The van der Waals surface area contributed by atoms with Gasteiger partial charge in [0.25, 0.3) is 0 Å².